The highest BCUT2D eigenvalue weighted by atomic mass is 16.1. The van der Waals surface area contributed by atoms with Crippen LogP contribution in [0.5, 0.6) is 0 Å². The van der Waals surface area contributed by atoms with Crippen molar-refractivity contribution in [2.24, 2.45) is 5.11 Å². The van der Waals surface area contributed by atoms with Crippen molar-refractivity contribution in [1.82, 2.24) is 10.2 Å². The van der Waals surface area contributed by atoms with Crippen molar-refractivity contribution in [2.45, 2.75) is 0 Å². The topological polar surface area (TPSA) is 68.6 Å². The van der Waals surface area contributed by atoms with E-state index in [0.29, 0.717) is 0 Å². The zero-order chi connectivity index (χ0) is 8.85. The summed E-state index contributed by atoms with van der Waals surface area (Å²) in [6, 6.07) is 0. The summed E-state index contributed by atoms with van der Waals surface area (Å²) in [7, 11) is 5.01. The fourth-order valence-electron chi connectivity index (χ4n) is 0.511. The lowest BCUT2D eigenvalue weighted by Crippen LogP contribution is -2.20. The maximum atomic E-state index is 10.9. The minimum atomic E-state index is -0.353. The van der Waals surface area contributed by atoms with Crippen LogP contribution in [-0.2, 0) is 4.79 Å². The average Bonchev–Trinajstić information content (AvgIpc) is 1.98. The van der Waals surface area contributed by atoms with E-state index >= 15 is 0 Å². The SMILES string of the molecule is CNC(=O)/C(=C/N(C)C)N=N. The first-order chi connectivity index (χ1) is 5.11. The van der Waals surface area contributed by atoms with E-state index in [2.05, 4.69) is 10.4 Å². The Kier molecular flexibility index (Phi) is 3.87. The first kappa shape index (κ1) is 9.61. The molecule has 11 heavy (non-hydrogen) atoms. The van der Waals surface area contributed by atoms with Crippen molar-refractivity contribution in [3.05, 3.63) is 11.9 Å². The molecule has 0 unspecified atom stereocenters. The number of amides is 1. The Morgan fingerprint density at radius 3 is 2.45 bits per heavy atom. The lowest BCUT2D eigenvalue weighted by atomic mass is 10.4. The highest BCUT2D eigenvalue weighted by Gasteiger charge is 2.04. The van der Waals surface area contributed by atoms with Gasteiger partial charge in [0.15, 0.2) is 5.70 Å². The zero-order valence-electron chi connectivity index (χ0n) is 6.88. The Morgan fingerprint density at radius 1 is 1.64 bits per heavy atom. The molecule has 0 saturated carbocycles. The Balaban J connectivity index is 4.39. The van der Waals surface area contributed by atoms with Crippen LogP contribution in [0, 0.1) is 5.53 Å². The second-order valence-electron chi connectivity index (χ2n) is 2.17. The molecule has 0 fully saturated rings. The molecule has 0 aliphatic heterocycles. The number of carbonyl (C=O) groups is 1. The molecule has 2 N–H and O–H groups in total. The number of hydrogen-bond acceptors (Lipinski definition) is 4. The summed E-state index contributed by atoms with van der Waals surface area (Å²) >= 11 is 0. The van der Waals surface area contributed by atoms with Gasteiger partial charge in [0, 0.05) is 27.3 Å². The Morgan fingerprint density at radius 2 is 2.18 bits per heavy atom. The molecule has 0 heterocycles. The van der Waals surface area contributed by atoms with E-state index in [9.17, 15) is 4.79 Å². The number of hydrogen-bond donors (Lipinski definition) is 2. The molecule has 0 saturated heterocycles. The highest BCUT2D eigenvalue weighted by molar-refractivity contribution is 5.92. The van der Waals surface area contributed by atoms with Crippen molar-refractivity contribution in [3.63, 3.8) is 0 Å². The van der Waals surface area contributed by atoms with Crippen LogP contribution in [-0.4, -0.2) is 32.0 Å². The normalized spacial score (nSPS) is 10.6. The second-order valence-corrected chi connectivity index (χ2v) is 2.17. The maximum Gasteiger partial charge on any atom is 0.273 e. The van der Waals surface area contributed by atoms with Crippen LogP contribution in [0.15, 0.2) is 17.0 Å². The van der Waals surface area contributed by atoms with Gasteiger partial charge in [-0.3, -0.25) is 4.79 Å². The summed E-state index contributed by atoms with van der Waals surface area (Å²) in [6.07, 6.45) is 1.48. The average molecular weight is 156 g/mol. The van der Waals surface area contributed by atoms with Gasteiger partial charge in [-0.15, -0.1) is 0 Å². The molecule has 62 valence electrons. The molecular weight excluding hydrogens is 144 g/mol. The van der Waals surface area contributed by atoms with Gasteiger partial charge < -0.3 is 10.2 Å². The van der Waals surface area contributed by atoms with Crippen molar-refractivity contribution in [3.8, 4) is 0 Å². The van der Waals surface area contributed by atoms with Crippen molar-refractivity contribution in [2.75, 3.05) is 21.1 Å². The van der Waals surface area contributed by atoms with Crippen LogP contribution in [0.25, 0.3) is 0 Å². The zero-order valence-corrected chi connectivity index (χ0v) is 6.88. The number of nitrogens with zero attached hydrogens (tertiary/aromatic N) is 2. The van der Waals surface area contributed by atoms with Gasteiger partial charge in [0.2, 0.25) is 0 Å². The highest BCUT2D eigenvalue weighted by Crippen LogP contribution is 1.96. The smallest absolute Gasteiger partial charge is 0.273 e. The molecule has 0 rings (SSSR count). The largest absolute Gasteiger partial charge is 0.382 e. The number of carbonyl (C=O) groups excluding carboxylic acids is 1. The Labute approximate surface area is 65.6 Å². The summed E-state index contributed by atoms with van der Waals surface area (Å²) in [5, 5.41) is 5.43. The third-order valence-electron chi connectivity index (χ3n) is 0.961. The van der Waals surface area contributed by atoms with E-state index in [4.69, 9.17) is 5.53 Å². The molecule has 0 bridgehead atoms. The first-order valence-corrected chi connectivity index (χ1v) is 3.09. The molecule has 0 aliphatic carbocycles. The Bertz CT molecular complexity index is 185. The van der Waals surface area contributed by atoms with E-state index < -0.39 is 0 Å². The molecule has 5 heteroatoms. The molecule has 0 aromatic carbocycles. The Hall–Kier alpha value is -1.39. The molecule has 0 spiro atoms. The van der Waals surface area contributed by atoms with E-state index in [1.165, 1.54) is 13.2 Å². The number of nitrogens with one attached hydrogen (secondary N) is 2. The number of likely N-dealkylation sites (N-methyl/N-ethyl adjacent to an activating group) is 1. The maximum absolute atomic E-state index is 10.9. The second kappa shape index (κ2) is 4.43. The van der Waals surface area contributed by atoms with Gasteiger partial charge in [0.25, 0.3) is 5.91 Å². The monoisotopic (exact) mass is 156 g/mol. The number of rotatable bonds is 3. The molecular formula is C6H12N4O. The molecule has 0 atom stereocenters. The molecule has 0 radical (unpaired) electrons. The molecule has 0 aliphatic rings. The fourth-order valence-corrected chi connectivity index (χ4v) is 0.511. The van der Waals surface area contributed by atoms with Gasteiger partial charge in [-0.05, 0) is 0 Å². The van der Waals surface area contributed by atoms with Crippen LogP contribution < -0.4 is 5.32 Å². The van der Waals surface area contributed by atoms with Gasteiger partial charge in [0.05, 0.1) is 0 Å². The van der Waals surface area contributed by atoms with Crippen LogP contribution in [0.4, 0.5) is 0 Å². The molecule has 0 aromatic rings. The third kappa shape index (κ3) is 3.34. The van der Waals surface area contributed by atoms with Gasteiger partial charge in [-0.25, -0.2) is 5.53 Å². The van der Waals surface area contributed by atoms with E-state index in [1.54, 1.807) is 19.0 Å². The van der Waals surface area contributed by atoms with E-state index in [1.807, 2.05) is 0 Å². The quantitative estimate of drug-likeness (QED) is 0.451. The lowest BCUT2D eigenvalue weighted by molar-refractivity contribution is -0.117. The lowest BCUT2D eigenvalue weighted by Gasteiger charge is -2.05. The van der Waals surface area contributed by atoms with Gasteiger partial charge in [-0.2, -0.15) is 5.11 Å². The minimum absolute atomic E-state index is 0.0949. The van der Waals surface area contributed by atoms with Crippen LogP contribution in [0.3, 0.4) is 0 Å². The van der Waals surface area contributed by atoms with Gasteiger partial charge in [0.1, 0.15) is 0 Å². The van der Waals surface area contributed by atoms with Crippen LogP contribution in [0.2, 0.25) is 0 Å². The summed E-state index contributed by atoms with van der Waals surface area (Å²) in [5.74, 6) is -0.353. The van der Waals surface area contributed by atoms with Gasteiger partial charge >= 0.3 is 0 Å². The minimum Gasteiger partial charge on any atom is -0.382 e. The van der Waals surface area contributed by atoms with E-state index in [-0.39, 0.29) is 11.6 Å². The summed E-state index contributed by atoms with van der Waals surface area (Å²) in [6.45, 7) is 0. The summed E-state index contributed by atoms with van der Waals surface area (Å²) in [4.78, 5) is 12.5. The fraction of sp³-hybridized carbons (Fsp3) is 0.500. The van der Waals surface area contributed by atoms with E-state index in [0.717, 1.165) is 0 Å². The summed E-state index contributed by atoms with van der Waals surface area (Å²) < 4.78 is 0. The predicted octanol–water partition coefficient (Wildman–Crippen LogP) is 0.166. The molecule has 0 aromatic heterocycles. The standard InChI is InChI=1S/C6H12N4O/c1-8-6(11)5(9-7)4-10(2)3/h4,7H,1-3H3,(H,8,11)/b5-4-,9-7?. The van der Waals surface area contributed by atoms with Gasteiger partial charge in [-0.1, -0.05) is 0 Å². The van der Waals surface area contributed by atoms with Crippen LogP contribution in [0.1, 0.15) is 0 Å². The summed E-state index contributed by atoms with van der Waals surface area (Å²) in [5.41, 5.74) is 6.75. The molecule has 1 amide bonds. The molecule has 5 nitrogen and oxygen atoms in total. The van der Waals surface area contributed by atoms with Crippen molar-refractivity contribution < 1.29 is 4.79 Å². The third-order valence-corrected chi connectivity index (χ3v) is 0.961. The first-order valence-electron chi connectivity index (χ1n) is 3.09. The predicted molar refractivity (Wildman–Crippen MR) is 41.0 cm³/mol. The van der Waals surface area contributed by atoms with Crippen molar-refractivity contribution >= 4 is 5.91 Å². The van der Waals surface area contributed by atoms with Crippen LogP contribution >= 0.6 is 0 Å². The van der Waals surface area contributed by atoms with Crippen molar-refractivity contribution in [1.29, 1.82) is 5.53 Å².